The molecule has 2 N–H and O–H groups in total. The molecule has 0 saturated heterocycles. The van der Waals surface area contributed by atoms with Crippen LogP contribution in [0, 0.1) is 0 Å². The van der Waals surface area contributed by atoms with E-state index in [2.05, 4.69) is 28.4 Å². The van der Waals surface area contributed by atoms with Gasteiger partial charge in [-0.3, -0.25) is 9.36 Å². The van der Waals surface area contributed by atoms with Gasteiger partial charge < -0.3 is 10.5 Å². The van der Waals surface area contributed by atoms with E-state index < -0.39 is 0 Å². The van der Waals surface area contributed by atoms with Crippen molar-refractivity contribution in [2.45, 2.75) is 26.0 Å². The summed E-state index contributed by atoms with van der Waals surface area (Å²) in [5.74, 6) is 0.488. The normalized spacial score (nSPS) is 13.0. The van der Waals surface area contributed by atoms with Crippen molar-refractivity contribution in [3.8, 4) is 5.75 Å². The third-order valence-electron chi connectivity index (χ3n) is 4.69. The molecule has 2 heterocycles. The Morgan fingerprint density at radius 2 is 2.00 bits per heavy atom. The predicted octanol–water partition coefficient (Wildman–Crippen LogP) is 3.27. The number of allylic oxidation sites excluding steroid dienone is 1. The molecule has 1 aliphatic carbocycles. The molecule has 0 bridgehead atoms. The van der Waals surface area contributed by atoms with Gasteiger partial charge in [-0.05, 0) is 53.8 Å². The molecular weight excluding hydrogens is 376 g/mol. The van der Waals surface area contributed by atoms with Crippen LogP contribution in [0.15, 0.2) is 53.5 Å². The van der Waals surface area contributed by atoms with Crippen LogP contribution < -0.4 is 16.0 Å². The summed E-state index contributed by atoms with van der Waals surface area (Å²) >= 11 is 5.72. The maximum absolute atomic E-state index is 12.6. The van der Waals surface area contributed by atoms with Crippen molar-refractivity contribution in [1.82, 2.24) is 14.8 Å². The Kier molecular flexibility index (Phi) is 5.23. The fourth-order valence-corrected chi connectivity index (χ4v) is 3.31. The SMILES string of the molecule is NCc1ccc2c(c1)CCC(n1ccc(OCc3ccc(Cl)nn3)cc1=O)=C2. The lowest BCUT2D eigenvalue weighted by Crippen LogP contribution is -2.19. The molecule has 1 aromatic carbocycles. The minimum atomic E-state index is -0.132. The van der Waals surface area contributed by atoms with Crippen molar-refractivity contribution in [3.05, 3.63) is 86.6 Å². The van der Waals surface area contributed by atoms with E-state index in [0.29, 0.717) is 23.1 Å². The Morgan fingerprint density at radius 3 is 2.75 bits per heavy atom. The molecule has 0 spiro atoms. The van der Waals surface area contributed by atoms with E-state index in [0.717, 1.165) is 29.7 Å². The second-order valence-electron chi connectivity index (χ2n) is 6.58. The van der Waals surface area contributed by atoms with E-state index in [1.807, 2.05) is 6.07 Å². The van der Waals surface area contributed by atoms with Gasteiger partial charge in [0.25, 0.3) is 5.56 Å². The van der Waals surface area contributed by atoms with Gasteiger partial charge in [-0.2, -0.15) is 5.10 Å². The van der Waals surface area contributed by atoms with E-state index in [1.165, 1.54) is 11.6 Å². The largest absolute Gasteiger partial charge is 0.487 e. The number of hydrogen-bond acceptors (Lipinski definition) is 5. The first kappa shape index (κ1) is 18.4. The Balaban J connectivity index is 1.52. The molecule has 6 nitrogen and oxygen atoms in total. The summed E-state index contributed by atoms with van der Waals surface area (Å²) in [5, 5.41) is 8.03. The first-order valence-electron chi connectivity index (χ1n) is 8.99. The van der Waals surface area contributed by atoms with E-state index in [-0.39, 0.29) is 12.2 Å². The van der Waals surface area contributed by atoms with E-state index >= 15 is 0 Å². The van der Waals surface area contributed by atoms with Crippen molar-refractivity contribution in [3.63, 3.8) is 0 Å². The van der Waals surface area contributed by atoms with Gasteiger partial charge in [-0.1, -0.05) is 29.8 Å². The quantitative estimate of drug-likeness (QED) is 0.718. The Labute approximate surface area is 167 Å². The Bertz CT molecular complexity index is 1090. The van der Waals surface area contributed by atoms with Crippen molar-refractivity contribution in [1.29, 1.82) is 0 Å². The lowest BCUT2D eigenvalue weighted by molar-refractivity contribution is 0.299. The zero-order valence-corrected chi connectivity index (χ0v) is 15.9. The molecule has 1 aliphatic rings. The van der Waals surface area contributed by atoms with E-state index in [9.17, 15) is 4.79 Å². The lowest BCUT2D eigenvalue weighted by Gasteiger charge is -2.19. The summed E-state index contributed by atoms with van der Waals surface area (Å²) in [6.45, 7) is 0.750. The number of nitrogens with zero attached hydrogens (tertiary/aromatic N) is 3. The van der Waals surface area contributed by atoms with Crippen LogP contribution in [0.2, 0.25) is 5.15 Å². The molecule has 4 rings (SSSR count). The van der Waals surface area contributed by atoms with Crippen molar-refractivity contribution in [2.75, 3.05) is 0 Å². The highest BCUT2D eigenvalue weighted by Crippen LogP contribution is 2.27. The molecule has 0 unspecified atom stereocenters. The number of rotatable bonds is 5. The minimum Gasteiger partial charge on any atom is -0.487 e. The van der Waals surface area contributed by atoms with Gasteiger partial charge in [0.15, 0.2) is 5.15 Å². The van der Waals surface area contributed by atoms with Crippen LogP contribution in [0.1, 0.15) is 28.8 Å². The fourth-order valence-electron chi connectivity index (χ4n) is 3.21. The molecule has 0 atom stereocenters. The van der Waals surface area contributed by atoms with Crippen LogP contribution in [0.5, 0.6) is 5.75 Å². The van der Waals surface area contributed by atoms with Crippen LogP contribution in [-0.2, 0) is 19.6 Å². The van der Waals surface area contributed by atoms with Crippen LogP contribution in [-0.4, -0.2) is 14.8 Å². The van der Waals surface area contributed by atoms with Gasteiger partial charge in [0.1, 0.15) is 18.1 Å². The summed E-state index contributed by atoms with van der Waals surface area (Å²) in [4.78, 5) is 12.6. The molecular formula is C21H19ClN4O2. The molecule has 0 radical (unpaired) electrons. The molecule has 7 heteroatoms. The number of pyridine rings is 1. The number of ether oxygens (including phenoxy) is 1. The summed E-state index contributed by atoms with van der Waals surface area (Å²) < 4.78 is 7.31. The fraction of sp³-hybridized carbons (Fsp3) is 0.190. The minimum absolute atomic E-state index is 0.132. The number of halogens is 1. The molecule has 0 saturated carbocycles. The van der Waals surface area contributed by atoms with Crippen LogP contribution in [0.4, 0.5) is 0 Å². The lowest BCUT2D eigenvalue weighted by atomic mass is 9.93. The third kappa shape index (κ3) is 3.98. The third-order valence-corrected chi connectivity index (χ3v) is 4.89. The van der Waals surface area contributed by atoms with Crippen LogP contribution in [0.3, 0.4) is 0 Å². The van der Waals surface area contributed by atoms with E-state index in [1.54, 1.807) is 29.0 Å². The maximum atomic E-state index is 12.6. The molecule has 2 aromatic heterocycles. The topological polar surface area (TPSA) is 83.0 Å². The highest BCUT2D eigenvalue weighted by Gasteiger charge is 2.13. The zero-order chi connectivity index (χ0) is 19.5. The Morgan fingerprint density at radius 1 is 1.11 bits per heavy atom. The highest BCUT2D eigenvalue weighted by molar-refractivity contribution is 6.29. The summed E-state index contributed by atoms with van der Waals surface area (Å²) in [7, 11) is 0. The summed E-state index contributed by atoms with van der Waals surface area (Å²) in [6.07, 6.45) is 5.48. The highest BCUT2D eigenvalue weighted by atomic mass is 35.5. The molecule has 0 fully saturated rings. The van der Waals surface area contributed by atoms with Crippen LogP contribution >= 0.6 is 11.6 Å². The van der Waals surface area contributed by atoms with Crippen molar-refractivity contribution < 1.29 is 4.74 Å². The Hall–Kier alpha value is -2.96. The number of hydrogen-bond donors (Lipinski definition) is 1. The van der Waals surface area contributed by atoms with Gasteiger partial charge in [0.05, 0.1) is 0 Å². The molecule has 142 valence electrons. The summed E-state index contributed by atoms with van der Waals surface area (Å²) in [6, 6.07) is 12.9. The van der Waals surface area contributed by atoms with Gasteiger partial charge in [0, 0.05) is 24.5 Å². The number of fused-ring (bicyclic) bond motifs is 1. The number of aromatic nitrogens is 3. The molecule has 0 amide bonds. The molecule has 0 aliphatic heterocycles. The average Bonchev–Trinajstić information content (AvgIpc) is 2.72. The second kappa shape index (κ2) is 7.96. The smallest absolute Gasteiger partial charge is 0.258 e. The maximum Gasteiger partial charge on any atom is 0.258 e. The van der Waals surface area contributed by atoms with E-state index in [4.69, 9.17) is 22.1 Å². The summed E-state index contributed by atoms with van der Waals surface area (Å²) in [5.41, 5.74) is 10.7. The van der Waals surface area contributed by atoms with Crippen LogP contribution in [0.25, 0.3) is 11.8 Å². The van der Waals surface area contributed by atoms with Crippen molar-refractivity contribution in [2.24, 2.45) is 5.73 Å². The van der Waals surface area contributed by atoms with Crippen molar-refractivity contribution >= 4 is 23.4 Å². The number of nitrogens with two attached hydrogens (primary N) is 1. The van der Waals surface area contributed by atoms with Gasteiger partial charge in [0.2, 0.25) is 0 Å². The standard InChI is InChI=1S/C21H19ClN4O2/c22-20-6-4-17(24-25-20)13-28-19-7-8-26(21(27)11-19)18-5-3-15-9-14(12-23)1-2-16(15)10-18/h1-2,4,6-11H,3,5,12-13,23H2. The first-order valence-corrected chi connectivity index (χ1v) is 9.36. The van der Waals surface area contributed by atoms with Gasteiger partial charge >= 0.3 is 0 Å². The molecule has 3 aromatic rings. The van der Waals surface area contributed by atoms with Gasteiger partial charge in [-0.25, -0.2) is 0 Å². The predicted molar refractivity (Wildman–Crippen MR) is 109 cm³/mol. The number of benzene rings is 1. The zero-order valence-electron chi connectivity index (χ0n) is 15.1. The number of aryl methyl sites for hydroxylation is 1. The van der Waals surface area contributed by atoms with Gasteiger partial charge in [-0.15, -0.1) is 5.10 Å². The monoisotopic (exact) mass is 394 g/mol. The average molecular weight is 395 g/mol. The molecule has 28 heavy (non-hydrogen) atoms. The first-order chi connectivity index (χ1) is 13.6. The second-order valence-corrected chi connectivity index (χ2v) is 6.97.